The molecule has 24 heavy (non-hydrogen) atoms. The van der Waals surface area contributed by atoms with Crippen molar-refractivity contribution in [3.8, 4) is 0 Å². The molecule has 2 rings (SSSR count). The lowest BCUT2D eigenvalue weighted by molar-refractivity contribution is -0.142. The molecule has 0 spiro atoms. The first-order chi connectivity index (χ1) is 11.5. The average molecular weight is 332 g/mol. The number of hydrogen-bond donors (Lipinski definition) is 2. The van der Waals surface area contributed by atoms with Crippen LogP contribution in [0.25, 0.3) is 0 Å². The number of rotatable bonds is 9. The van der Waals surface area contributed by atoms with Crippen LogP contribution < -0.4 is 5.32 Å². The van der Waals surface area contributed by atoms with Crippen molar-refractivity contribution in [1.82, 2.24) is 10.2 Å². The van der Waals surface area contributed by atoms with Crippen molar-refractivity contribution in [1.29, 1.82) is 0 Å². The molecule has 1 atom stereocenters. The molecule has 1 saturated carbocycles. The Kier molecular flexibility index (Phi) is 6.35. The monoisotopic (exact) mass is 332 g/mol. The summed E-state index contributed by atoms with van der Waals surface area (Å²) in [6.45, 7) is 2.17. The molecule has 6 nitrogen and oxygen atoms in total. The fourth-order valence-electron chi connectivity index (χ4n) is 2.56. The van der Waals surface area contributed by atoms with Gasteiger partial charge >= 0.3 is 5.97 Å². The number of carboxylic acid groups (broad SMARTS) is 1. The van der Waals surface area contributed by atoms with E-state index in [0.717, 1.165) is 18.4 Å². The van der Waals surface area contributed by atoms with Crippen molar-refractivity contribution in [3.63, 3.8) is 0 Å². The third-order valence-corrected chi connectivity index (χ3v) is 4.17. The van der Waals surface area contributed by atoms with Crippen molar-refractivity contribution >= 4 is 17.8 Å². The van der Waals surface area contributed by atoms with Crippen molar-refractivity contribution in [2.45, 2.75) is 45.2 Å². The second kappa shape index (κ2) is 8.47. The molecule has 0 saturated heterocycles. The van der Waals surface area contributed by atoms with Gasteiger partial charge in [-0.15, -0.1) is 0 Å². The predicted octanol–water partition coefficient (Wildman–Crippen LogP) is 1.79. The first kappa shape index (κ1) is 18.0. The summed E-state index contributed by atoms with van der Waals surface area (Å²) < 4.78 is 0. The van der Waals surface area contributed by atoms with E-state index in [1.165, 1.54) is 6.92 Å². The minimum absolute atomic E-state index is 0.0981. The zero-order valence-corrected chi connectivity index (χ0v) is 13.9. The number of hydrogen-bond acceptors (Lipinski definition) is 3. The molecule has 0 aliphatic heterocycles. The highest BCUT2D eigenvalue weighted by Crippen LogP contribution is 2.33. The van der Waals surface area contributed by atoms with Crippen LogP contribution in [0.1, 0.15) is 38.2 Å². The van der Waals surface area contributed by atoms with Gasteiger partial charge in [0, 0.05) is 26.4 Å². The summed E-state index contributed by atoms with van der Waals surface area (Å²) >= 11 is 0. The minimum atomic E-state index is -0.997. The van der Waals surface area contributed by atoms with Gasteiger partial charge in [-0.25, -0.2) is 4.79 Å². The first-order valence-corrected chi connectivity index (χ1v) is 8.27. The summed E-state index contributed by atoms with van der Waals surface area (Å²) in [5.74, 6) is -1.03. The summed E-state index contributed by atoms with van der Waals surface area (Å²) in [6, 6.07) is 8.72. The van der Waals surface area contributed by atoms with Gasteiger partial charge in [0.25, 0.3) is 0 Å². The van der Waals surface area contributed by atoms with E-state index < -0.39 is 12.0 Å². The lowest BCUT2D eigenvalue weighted by atomic mass is 10.1. The van der Waals surface area contributed by atoms with Crippen LogP contribution in [0.3, 0.4) is 0 Å². The van der Waals surface area contributed by atoms with Crippen molar-refractivity contribution in [3.05, 3.63) is 35.9 Å². The summed E-state index contributed by atoms with van der Waals surface area (Å²) in [4.78, 5) is 36.6. The number of nitrogens with one attached hydrogen (secondary N) is 1. The highest BCUT2D eigenvalue weighted by molar-refractivity contribution is 5.84. The number of carbonyl (C=O) groups is 3. The first-order valence-electron chi connectivity index (χ1n) is 8.27. The molecule has 0 radical (unpaired) electrons. The average Bonchev–Trinajstić information content (AvgIpc) is 3.35. The topological polar surface area (TPSA) is 86.7 Å². The smallest absolute Gasteiger partial charge is 0.326 e. The number of carbonyl (C=O) groups excluding carboxylic acids is 2. The SMILES string of the molecule is CC(=O)N(CCC(=O)NC(CC1CC1)C(=O)O)Cc1ccccc1. The van der Waals surface area contributed by atoms with Crippen molar-refractivity contribution < 1.29 is 19.5 Å². The molecule has 0 aromatic heterocycles. The van der Waals surface area contributed by atoms with Crippen LogP contribution in [0.5, 0.6) is 0 Å². The summed E-state index contributed by atoms with van der Waals surface area (Å²) in [5.41, 5.74) is 0.991. The maximum atomic E-state index is 12.0. The molecule has 1 unspecified atom stereocenters. The van der Waals surface area contributed by atoms with Gasteiger partial charge in [-0.05, 0) is 17.9 Å². The molecular formula is C18H24N2O4. The molecule has 0 bridgehead atoms. The third kappa shape index (κ3) is 6.02. The maximum Gasteiger partial charge on any atom is 0.326 e. The van der Waals surface area contributed by atoms with E-state index in [9.17, 15) is 19.5 Å². The van der Waals surface area contributed by atoms with Crippen LogP contribution >= 0.6 is 0 Å². The number of nitrogens with zero attached hydrogens (tertiary/aromatic N) is 1. The van der Waals surface area contributed by atoms with Gasteiger partial charge in [0.15, 0.2) is 0 Å². The molecule has 1 aromatic carbocycles. The molecule has 0 heterocycles. The van der Waals surface area contributed by atoms with Crippen LogP contribution in [0.2, 0.25) is 0 Å². The molecule has 1 aliphatic rings. The molecule has 6 heteroatoms. The Morgan fingerprint density at radius 1 is 1.25 bits per heavy atom. The highest BCUT2D eigenvalue weighted by Gasteiger charge is 2.30. The fourth-order valence-corrected chi connectivity index (χ4v) is 2.56. The van der Waals surface area contributed by atoms with Gasteiger partial charge < -0.3 is 15.3 Å². The van der Waals surface area contributed by atoms with Crippen LogP contribution in [0, 0.1) is 5.92 Å². The summed E-state index contributed by atoms with van der Waals surface area (Å²) in [7, 11) is 0. The molecule has 2 amide bonds. The van der Waals surface area contributed by atoms with Gasteiger partial charge in [0.05, 0.1) is 0 Å². The van der Waals surface area contributed by atoms with E-state index in [1.807, 2.05) is 30.3 Å². The lowest BCUT2D eigenvalue weighted by Crippen LogP contribution is -2.42. The summed E-state index contributed by atoms with van der Waals surface area (Å²) in [5, 5.41) is 11.7. The Labute approximate surface area is 141 Å². The molecule has 130 valence electrons. The van der Waals surface area contributed by atoms with E-state index in [0.29, 0.717) is 18.9 Å². The second-order valence-electron chi connectivity index (χ2n) is 6.31. The Morgan fingerprint density at radius 3 is 2.46 bits per heavy atom. The van der Waals surface area contributed by atoms with E-state index in [4.69, 9.17) is 0 Å². The maximum absolute atomic E-state index is 12.0. The fraction of sp³-hybridized carbons (Fsp3) is 0.500. The third-order valence-electron chi connectivity index (χ3n) is 4.17. The Hall–Kier alpha value is -2.37. The number of amides is 2. The summed E-state index contributed by atoms with van der Waals surface area (Å²) in [6.07, 6.45) is 2.66. The number of benzene rings is 1. The molecule has 2 N–H and O–H groups in total. The van der Waals surface area contributed by atoms with E-state index in [-0.39, 0.29) is 24.8 Å². The number of carboxylic acids is 1. The number of aliphatic carboxylic acids is 1. The van der Waals surface area contributed by atoms with E-state index in [1.54, 1.807) is 4.90 Å². The molecular weight excluding hydrogens is 308 g/mol. The van der Waals surface area contributed by atoms with Crippen molar-refractivity contribution in [2.24, 2.45) is 5.92 Å². The van der Waals surface area contributed by atoms with Gasteiger partial charge in [-0.2, -0.15) is 0 Å². The zero-order valence-electron chi connectivity index (χ0n) is 13.9. The Balaban J connectivity index is 1.82. The van der Waals surface area contributed by atoms with Crippen LogP contribution in [-0.4, -0.2) is 40.4 Å². The van der Waals surface area contributed by atoms with Crippen LogP contribution in [0.15, 0.2) is 30.3 Å². The van der Waals surface area contributed by atoms with Crippen LogP contribution in [0.4, 0.5) is 0 Å². The standard InChI is InChI=1S/C18H24N2O4/c1-13(21)20(12-15-5-3-2-4-6-15)10-9-17(22)19-16(18(23)24)11-14-7-8-14/h2-6,14,16H,7-12H2,1H3,(H,19,22)(H,23,24). The van der Waals surface area contributed by atoms with Crippen molar-refractivity contribution in [2.75, 3.05) is 6.54 Å². The van der Waals surface area contributed by atoms with E-state index >= 15 is 0 Å². The zero-order chi connectivity index (χ0) is 17.5. The largest absolute Gasteiger partial charge is 0.480 e. The van der Waals surface area contributed by atoms with E-state index in [2.05, 4.69) is 5.32 Å². The Morgan fingerprint density at radius 2 is 1.92 bits per heavy atom. The predicted molar refractivity (Wildman–Crippen MR) is 89.1 cm³/mol. The minimum Gasteiger partial charge on any atom is -0.480 e. The second-order valence-corrected chi connectivity index (χ2v) is 6.31. The van der Waals surface area contributed by atoms with Gasteiger partial charge in [-0.3, -0.25) is 9.59 Å². The van der Waals surface area contributed by atoms with Gasteiger partial charge in [0.1, 0.15) is 6.04 Å². The molecule has 1 fully saturated rings. The lowest BCUT2D eigenvalue weighted by Gasteiger charge is -2.21. The van der Waals surface area contributed by atoms with Gasteiger partial charge in [0.2, 0.25) is 11.8 Å². The Bertz CT molecular complexity index is 584. The normalized spacial score (nSPS) is 14.7. The van der Waals surface area contributed by atoms with Gasteiger partial charge in [-0.1, -0.05) is 43.2 Å². The molecule has 1 aliphatic carbocycles. The quantitative estimate of drug-likeness (QED) is 0.722. The van der Waals surface area contributed by atoms with Crippen LogP contribution in [-0.2, 0) is 20.9 Å². The molecule has 1 aromatic rings. The highest BCUT2D eigenvalue weighted by atomic mass is 16.4.